The van der Waals surface area contributed by atoms with Crippen molar-refractivity contribution in [2.45, 2.75) is 53.5 Å². The summed E-state index contributed by atoms with van der Waals surface area (Å²) in [5, 5.41) is 3.60. The molecule has 0 radical (unpaired) electrons. The van der Waals surface area contributed by atoms with E-state index in [1.807, 2.05) is 0 Å². The van der Waals surface area contributed by atoms with Crippen LogP contribution in [0.15, 0.2) is 18.2 Å². The molecule has 1 aromatic rings. The topological polar surface area (TPSA) is 21.3 Å². The first-order valence-electron chi connectivity index (χ1n) is 7.61. The van der Waals surface area contributed by atoms with E-state index in [9.17, 15) is 0 Å². The van der Waals surface area contributed by atoms with Crippen molar-refractivity contribution in [2.75, 3.05) is 13.7 Å². The van der Waals surface area contributed by atoms with E-state index in [0.717, 1.165) is 18.7 Å². The van der Waals surface area contributed by atoms with Gasteiger partial charge in [-0.05, 0) is 64.1 Å². The Hall–Kier alpha value is -1.02. The Morgan fingerprint density at radius 1 is 1.15 bits per heavy atom. The van der Waals surface area contributed by atoms with Crippen LogP contribution in [-0.4, -0.2) is 19.2 Å². The van der Waals surface area contributed by atoms with Crippen molar-refractivity contribution in [3.8, 4) is 5.75 Å². The van der Waals surface area contributed by atoms with Gasteiger partial charge in [0.05, 0.1) is 7.11 Å². The summed E-state index contributed by atoms with van der Waals surface area (Å²) in [7, 11) is 1.75. The van der Waals surface area contributed by atoms with Crippen molar-refractivity contribution < 1.29 is 4.74 Å². The quantitative estimate of drug-likeness (QED) is 0.841. The molecule has 0 heterocycles. The number of rotatable bonds is 6. The van der Waals surface area contributed by atoms with Crippen LogP contribution >= 0.6 is 0 Å². The lowest BCUT2D eigenvalue weighted by Crippen LogP contribution is -2.40. The molecule has 0 bridgehead atoms. The van der Waals surface area contributed by atoms with Gasteiger partial charge in [-0.2, -0.15) is 0 Å². The molecule has 2 unspecified atom stereocenters. The standard InChI is InChI=1S/C18H31NO/c1-13-8-9-17(20-7)16(10-13)11-14(2)15(3)12-19-18(4,5)6/h8-10,14-15,19H,11-12H2,1-7H3. The zero-order valence-corrected chi connectivity index (χ0v) is 14.2. The molecule has 2 nitrogen and oxygen atoms in total. The van der Waals surface area contributed by atoms with Crippen molar-refractivity contribution in [1.29, 1.82) is 0 Å². The van der Waals surface area contributed by atoms with E-state index in [1.54, 1.807) is 7.11 Å². The second-order valence-corrected chi connectivity index (χ2v) is 7.10. The molecule has 0 amide bonds. The van der Waals surface area contributed by atoms with Gasteiger partial charge in [-0.3, -0.25) is 0 Å². The van der Waals surface area contributed by atoms with Gasteiger partial charge in [-0.25, -0.2) is 0 Å². The molecule has 0 fully saturated rings. The van der Waals surface area contributed by atoms with E-state index in [4.69, 9.17) is 4.74 Å². The van der Waals surface area contributed by atoms with Gasteiger partial charge in [-0.1, -0.05) is 31.5 Å². The third-order valence-corrected chi connectivity index (χ3v) is 3.90. The summed E-state index contributed by atoms with van der Waals surface area (Å²) in [4.78, 5) is 0. The molecule has 2 heteroatoms. The van der Waals surface area contributed by atoms with Crippen molar-refractivity contribution in [1.82, 2.24) is 5.32 Å². The lowest BCUT2D eigenvalue weighted by atomic mass is 9.88. The van der Waals surface area contributed by atoms with Crippen LogP contribution < -0.4 is 10.1 Å². The highest BCUT2D eigenvalue weighted by molar-refractivity contribution is 5.37. The van der Waals surface area contributed by atoms with E-state index >= 15 is 0 Å². The Bertz CT molecular complexity index is 420. The highest BCUT2D eigenvalue weighted by Crippen LogP contribution is 2.25. The van der Waals surface area contributed by atoms with E-state index < -0.39 is 0 Å². The molecule has 0 aliphatic carbocycles. The summed E-state index contributed by atoms with van der Waals surface area (Å²) >= 11 is 0. The normalized spacial score (nSPS) is 14.9. The second-order valence-electron chi connectivity index (χ2n) is 7.10. The van der Waals surface area contributed by atoms with Gasteiger partial charge < -0.3 is 10.1 Å². The van der Waals surface area contributed by atoms with Gasteiger partial charge in [0, 0.05) is 5.54 Å². The average molecular weight is 277 g/mol. The highest BCUT2D eigenvalue weighted by Gasteiger charge is 2.17. The predicted molar refractivity (Wildman–Crippen MR) is 87.5 cm³/mol. The largest absolute Gasteiger partial charge is 0.496 e. The maximum Gasteiger partial charge on any atom is 0.122 e. The monoisotopic (exact) mass is 277 g/mol. The molecule has 114 valence electrons. The van der Waals surface area contributed by atoms with E-state index in [-0.39, 0.29) is 5.54 Å². The Morgan fingerprint density at radius 2 is 1.80 bits per heavy atom. The van der Waals surface area contributed by atoms with Gasteiger partial charge in [0.2, 0.25) is 0 Å². The Morgan fingerprint density at radius 3 is 2.35 bits per heavy atom. The number of aryl methyl sites for hydroxylation is 1. The number of nitrogens with one attached hydrogen (secondary N) is 1. The maximum absolute atomic E-state index is 5.48. The van der Waals surface area contributed by atoms with Crippen LogP contribution in [0.5, 0.6) is 5.75 Å². The van der Waals surface area contributed by atoms with Crippen molar-refractivity contribution in [3.63, 3.8) is 0 Å². The van der Waals surface area contributed by atoms with Gasteiger partial charge in [0.15, 0.2) is 0 Å². The summed E-state index contributed by atoms with van der Waals surface area (Å²) in [6.07, 6.45) is 1.07. The van der Waals surface area contributed by atoms with Crippen LogP contribution in [0, 0.1) is 18.8 Å². The summed E-state index contributed by atoms with van der Waals surface area (Å²) in [5.41, 5.74) is 2.81. The number of ether oxygens (including phenoxy) is 1. The Kier molecular flexibility index (Phi) is 6.07. The van der Waals surface area contributed by atoms with Crippen LogP contribution in [0.1, 0.15) is 45.7 Å². The van der Waals surface area contributed by atoms with Crippen LogP contribution in [0.25, 0.3) is 0 Å². The first-order chi connectivity index (χ1) is 9.23. The van der Waals surface area contributed by atoms with Gasteiger partial charge in [0.1, 0.15) is 5.75 Å². The van der Waals surface area contributed by atoms with Crippen LogP contribution in [0.4, 0.5) is 0 Å². The molecule has 2 atom stereocenters. The summed E-state index contributed by atoms with van der Waals surface area (Å²) in [6, 6.07) is 6.44. The number of methoxy groups -OCH3 is 1. The van der Waals surface area contributed by atoms with Crippen LogP contribution in [0.3, 0.4) is 0 Å². The lowest BCUT2D eigenvalue weighted by Gasteiger charge is -2.27. The molecule has 1 aromatic carbocycles. The molecular formula is C18H31NO. The molecule has 20 heavy (non-hydrogen) atoms. The number of benzene rings is 1. The molecule has 1 N–H and O–H groups in total. The smallest absolute Gasteiger partial charge is 0.122 e. The predicted octanol–water partition coefficient (Wildman–Crippen LogP) is 4.21. The van der Waals surface area contributed by atoms with Crippen molar-refractivity contribution in [2.24, 2.45) is 11.8 Å². The average Bonchev–Trinajstić information content (AvgIpc) is 2.35. The van der Waals surface area contributed by atoms with Crippen LogP contribution in [0.2, 0.25) is 0 Å². The van der Waals surface area contributed by atoms with Gasteiger partial charge >= 0.3 is 0 Å². The minimum Gasteiger partial charge on any atom is -0.496 e. The van der Waals surface area contributed by atoms with Crippen LogP contribution in [-0.2, 0) is 6.42 Å². The molecule has 0 aliphatic heterocycles. The summed E-state index contributed by atoms with van der Waals surface area (Å²) in [5.74, 6) is 2.28. The van der Waals surface area contributed by atoms with E-state index in [1.165, 1.54) is 11.1 Å². The zero-order valence-electron chi connectivity index (χ0n) is 14.2. The maximum atomic E-state index is 5.48. The number of hydrogen-bond donors (Lipinski definition) is 1. The molecule has 0 saturated heterocycles. The third kappa shape index (κ3) is 5.54. The highest BCUT2D eigenvalue weighted by atomic mass is 16.5. The number of hydrogen-bond acceptors (Lipinski definition) is 2. The first kappa shape index (κ1) is 17.0. The summed E-state index contributed by atoms with van der Waals surface area (Å²) in [6.45, 7) is 14.5. The Balaban J connectivity index is 2.65. The van der Waals surface area contributed by atoms with E-state index in [2.05, 4.69) is 65.1 Å². The molecule has 1 rings (SSSR count). The van der Waals surface area contributed by atoms with Crippen molar-refractivity contribution >= 4 is 0 Å². The van der Waals surface area contributed by atoms with Gasteiger partial charge in [0.25, 0.3) is 0 Å². The van der Waals surface area contributed by atoms with E-state index in [0.29, 0.717) is 11.8 Å². The minimum absolute atomic E-state index is 0.189. The Labute approximate surface area is 124 Å². The lowest BCUT2D eigenvalue weighted by molar-refractivity contribution is 0.314. The zero-order chi connectivity index (χ0) is 15.3. The second kappa shape index (κ2) is 7.12. The summed E-state index contributed by atoms with van der Waals surface area (Å²) < 4.78 is 5.48. The molecule has 0 saturated carbocycles. The molecule has 0 aliphatic rings. The molecule has 0 aromatic heterocycles. The first-order valence-corrected chi connectivity index (χ1v) is 7.61. The minimum atomic E-state index is 0.189. The molecule has 0 spiro atoms. The third-order valence-electron chi connectivity index (χ3n) is 3.90. The van der Waals surface area contributed by atoms with Gasteiger partial charge in [-0.15, -0.1) is 0 Å². The fourth-order valence-corrected chi connectivity index (χ4v) is 2.28. The fraction of sp³-hybridized carbons (Fsp3) is 0.667. The fourth-order valence-electron chi connectivity index (χ4n) is 2.28. The SMILES string of the molecule is COc1ccc(C)cc1CC(C)C(C)CNC(C)(C)C. The molecular weight excluding hydrogens is 246 g/mol. The van der Waals surface area contributed by atoms with Crippen molar-refractivity contribution in [3.05, 3.63) is 29.3 Å².